The minimum Gasteiger partial charge on any atom is -0.310 e. The Morgan fingerprint density at radius 3 is 1.10 bits per heavy atom. The number of anilines is 6. The van der Waals surface area contributed by atoms with Gasteiger partial charge in [-0.05, 0) is 149 Å². The fourth-order valence-electron chi connectivity index (χ4n) is 13.5. The van der Waals surface area contributed by atoms with Crippen molar-refractivity contribution in [3.8, 4) is 61.3 Å². The summed E-state index contributed by atoms with van der Waals surface area (Å²) in [6, 6.07) is 77.5. The van der Waals surface area contributed by atoms with Gasteiger partial charge in [-0.1, -0.05) is 268 Å². The quantitative estimate of drug-likeness (QED) is 0.141. The van der Waals surface area contributed by atoms with Gasteiger partial charge in [-0.15, -0.1) is 0 Å². The van der Waals surface area contributed by atoms with Crippen LogP contribution in [0.2, 0.25) is 0 Å². The van der Waals surface area contributed by atoms with Gasteiger partial charge in [0.1, 0.15) is 0 Å². The monoisotopic (exact) mass is 1140 g/mol. The van der Waals surface area contributed by atoms with Crippen LogP contribution in [0.4, 0.5) is 34.1 Å². The van der Waals surface area contributed by atoms with E-state index in [1.165, 1.54) is 5.56 Å². The molecular weight excluding hydrogens is 1060 g/mol. The van der Waals surface area contributed by atoms with Crippen LogP contribution in [-0.4, -0.2) is 11.3 Å². The van der Waals surface area contributed by atoms with Crippen molar-refractivity contribution in [3.05, 3.63) is 289 Å². The summed E-state index contributed by atoms with van der Waals surface area (Å²) in [7, 11) is 0. The van der Waals surface area contributed by atoms with Crippen molar-refractivity contribution in [2.45, 2.75) is 78.6 Å². The molecule has 0 fully saturated rings. The second kappa shape index (κ2) is 20.9. The maximum atomic E-state index is 9.75. The average Bonchev–Trinajstić information content (AvgIpc) is 1.12. The fourth-order valence-corrected chi connectivity index (χ4v) is 13.5. The van der Waals surface area contributed by atoms with Crippen LogP contribution < -0.4 is 26.2 Å². The molecule has 15 rings (SSSR count). The van der Waals surface area contributed by atoms with Gasteiger partial charge in [0.15, 0.2) is 0 Å². The number of fused-ring (bicyclic) bond motifs is 7. The van der Waals surface area contributed by atoms with Crippen LogP contribution in [0.1, 0.15) is 90.0 Å². The van der Waals surface area contributed by atoms with Crippen molar-refractivity contribution in [3.63, 3.8) is 0 Å². The molecule has 0 saturated carbocycles. The number of nitrogens with zero attached hydrogens (tertiary/aromatic N) is 3. The van der Waals surface area contributed by atoms with E-state index in [0.29, 0.717) is 5.69 Å². The molecule has 4 heteroatoms. The summed E-state index contributed by atoms with van der Waals surface area (Å²) in [5, 5.41) is 0.0424. The van der Waals surface area contributed by atoms with Gasteiger partial charge in [-0.2, -0.15) is 0 Å². The normalized spacial score (nSPS) is 14.3. The zero-order valence-corrected chi connectivity index (χ0v) is 51.3. The number of para-hydroxylation sites is 2. The Morgan fingerprint density at radius 2 is 0.693 bits per heavy atom. The second-order valence-electron chi connectivity index (χ2n) is 26.8. The lowest BCUT2D eigenvalue weighted by Crippen LogP contribution is -2.61. The molecule has 0 saturated heterocycles. The number of aromatic nitrogens is 1. The van der Waals surface area contributed by atoms with E-state index in [0.717, 1.165) is 117 Å². The van der Waals surface area contributed by atoms with E-state index in [1.54, 1.807) is 4.57 Å². The molecule has 0 bridgehead atoms. The Bertz CT molecular complexity index is 5130. The Hall–Kier alpha value is -9.90. The average molecular weight is 1140 g/mol. The molecule has 2 aliphatic heterocycles. The first-order valence-electron chi connectivity index (χ1n) is 34.6. The highest BCUT2D eigenvalue weighted by Crippen LogP contribution is 2.55. The van der Waals surface area contributed by atoms with E-state index < -0.39 is 36.3 Å². The highest BCUT2D eigenvalue weighted by atomic mass is 15.2. The zero-order valence-electron chi connectivity index (χ0n) is 59.3. The Labute approximate surface area is 531 Å². The first-order chi connectivity index (χ1) is 45.9. The molecular formula is C84H72BN3. The molecule has 0 atom stereocenters. The van der Waals surface area contributed by atoms with Gasteiger partial charge >= 0.3 is 0 Å². The Kier molecular flexibility index (Phi) is 11.0. The molecule has 0 N–H and O–H groups in total. The first-order valence-corrected chi connectivity index (χ1v) is 30.6. The summed E-state index contributed by atoms with van der Waals surface area (Å²) < 4.78 is 76.5. The van der Waals surface area contributed by atoms with Gasteiger partial charge in [-0.3, -0.25) is 0 Å². The molecule has 0 amide bonds. The van der Waals surface area contributed by atoms with E-state index in [4.69, 9.17) is 2.74 Å². The van der Waals surface area contributed by atoms with Gasteiger partial charge in [0.2, 0.25) is 0 Å². The smallest absolute Gasteiger partial charge is 0.252 e. The predicted octanol–water partition coefficient (Wildman–Crippen LogP) is 21.1. The first kappa shape index (κ1) is 46.3. The van der Waals surface area contributed by atoms with Crippen LogP contribution in [-0.2, 0) is 16.2 Å². The minimum atomic E-state index is -0.491. The van der Waals surface area contributed by atoms with E-state index in [9.17, 15) is 8.22 Å². The minimum absolute atomic E-state index is 0.0212. The number of hydrogen-bond donors (Lipinski definition) is 0. The van der Waals surface area contributed by atoms with Crippen molar-refractivity contribution in [2.75, 3.05) is 9.80 Å². The number of hydrogen-bond acceptors (Lipinski definition) is 2. The molecule has 2 aliphatic rings. The molecule has 88 heavy (non-hydrogen) atoms. The summed E-state index contributed by atoms with van der Waals surface area (Å²) in [6.07, 6.45) is 0. The van der Waals surface area contributed by atoms with Gasteiger partial charge in [0.25, 0.3) is 6.71 Å². The third kappa shape index (κ3) is 9.19. The molecule has 3 nitrogen and oxygen atoms in total. The third-order valence-electron chi connectivity index (χ3n) is 18.1. The van der Waals surface area contributed by atoms with Crippen molar-refractivity contribution in [1.82, 2.24) is 4.57 Å². The van der Waals surface area contributed by atoms with E-state index in [1.807, 2.05) is 6.07 Å². The number of rotatable bonds is 8. The molecule has 12 aromatic carbocycles. The van der Waals surface area contributed by atoms with Gasteiger partial charge in [0, 0.05) is 61.5 Å². The molecule has 0 spiro atoms. The second-order valence-corrected chi connectivity index (χ2v) is 26.8. The largest absolute Gasteiger partial charge is 0.310 e. The maximum Gasteiger partial charge on any atom is 0.252 e. The van der Waals surface area contributed by atoms with E-state index >= 15 is 0 Å². The number of benzene rings is 12. The highest BCUT2D eigenvalue weighted by Gasteiger charge is 2.46. The van der Waals surface area contributed by atoms with Crippen LogP contribution in [0.25, 0.3) is 83.1 Å². The SMILES string of the molecule is [2H]c1c([2H])c([2H])c2c(c1[2H])c1c([2H])c([2H])c([2H])c([2H])c1n2-c1ccc2c(c1)N(c1c(-c3ccccc3)cc(C(C)(C)C)cc1-c1ccccc1)c1cc(C(C)(C)C)cc3c1B2c1cc(-c2ccccc2)ccc1N3c1c(-c2ccccc2)cc(C(C)(C)C)cc1-c1ccccc1. The Morgan fingerprint density at radius 1 is 0.318 bits per heavy atom. The van der Waals surface area contributed by atoms with Gasteiger partial charge in [-0.25, -0.2) is 0 Å². The summed E-state index contributed by atoms with van der Waals surface area (Å²) in [4.78, 5) is 5.03. The molecule has 0 unspecified atom stereocenters. The topological polar surface area (TPSA) is 11.4 Å². The standard InChI is InChI=1S/C84H72BN3/c1-82(2,3)61-48-67(56-31-17-11-18-32-56)80(68(49-61)57-33-19-12-20-34-57)87-75-46-43-60(55-29-15-10-16-30-55)47-72(75)85-71-45-44-64(86-73-41-27-25-39-65(73)66-40-26-28-42-74(66)86)54-76(71)88(78-53-63(84(7,8)9)52-77(87)79(78)85)81-69(58-35-21-13-22-36-58)50-62(83(4,5)6)51-70(81)59-37-23-14-24-38-59/h10-54H,1-9H3/i25D,26D,27D,28D,39D,40D,41D,42D. The third-order valence-corrected chi connectivity index (χ3v) is 18.1. The van der Waals surface area contributed by atoms with E-state index in [-0.39, 0.29) is 56.8 Å². The van der Waals surface area contributed by atoms with Crippen molar-refractivity contribution < 1.29 is 11.0 Å². The molecule has 0 aliphatic carbocycles. The summed E-state index contributed by atoms with van der Waals surface area (Å²) in [5.41, 5.74) is 22.3. The highest BCUT2D eigenvalue weighted by molar-refractivity contribution is 7.00. The summed E-state index contributed by atoms with van der Waals surface area (Å²) >= 11 is 0. The molecule has 3 heterocycles. The molecule has 426 valence electrons. The zero-order chi connectivity index (χ0) is 67.2. The lowest BCUT2D eigenvalue weighted by atomic mass is 9.33. The summed E-state index contributed by atoms with van der Waals surface area (Å²) in [6.45, 7) is 20.0. The molecule has 1 aromatic heterocycles. The van der Waals surface area contributed by atoms with Crippen molar-refractivity contribution >= 4 is 79.0 Å². The van der Waals surface area contributed by atoms with Crippen LogP contribution >= 0.6 is 0 Å². The van der Waals surface area contributed by atoms with Gasteiger partial charge < -0.3 is 14.4 Å². The van der Waals surface area contributed by atoms with Crippen LogP contribution in [0, 0.1) is 0 Å². The van der Waals surface area contributed by atoms with Gasteiger partial charge in [0.05, 0.1) is 33.4 Å². The van der Waals surface area contributed by atoms with Crippen molar-refractivity contribution in [1.29, 1.82) is 0 Å². The predicted molar refractivity (Wildman–Crippen MR) is 378 cm³/mol. The van der Waals surface area contributed by atoms with Crippen LogP contribution in [0.3, 0.4) is 0 Å². The molecule has 0 radical (unpaired) electrons. The Balaban J connectivity index is 1.17. The van der Waals surface area contributed by atoms with E-state index in [2.05, 4.69) is 291 Å². The summed E-state index contributed by atoms with van der Waals surface area (Å²) in [5.74, 6) is 0. The fraction of sp³-hybridized carbons (Fsp3) is 0.143. The lowest BCUT2D eigenvalue weighted by molar-refractivity contribution is 0.590. The maximum absolute atomic E-state index is 9.75. The molecule has 13 aromatic rings. The lowest BCUT2D eigenvalue weighted by Gasteiger charge is -2.47. The van der Waals surface area contributed by atoms with Crippen molar-refractivity contribution in [2.24, 2.45) is 0 Å². The van der Waals surface area contributed by atoms with Crippen LogP contribution in [0.15, 0.2) is 273 Å². The van der Waals surface area contributed by atoms with Crippen LogP contribution in [0.5, 0.6) is 0 Å².